The SMILES string of the molecule is C=C/C(=C\CC)c1ccc(C)c(-c2ccccc2)c1.CC.CCc1ccccc1.Cc1ccc2c(c1)C(c1ccccc1)(c1ccccc1)c1cc(N(c3ccc4[nH]c5ccccc5c4c3)c3cccc4c5ccccc5n(C(C)C)c34)c3ccccc3c1-2. The maximum Gasteiger partial charge on any atom is 0.0738 e. The van der Waals surface area contributed by atoms with Crippen LogP contribution in [0.15, 0.2) is 292 Å². The number of H-pyrrole nitrogens is 1. The molecule has 14 aromatic rings. The summed E-state index contributed by atoms with van der Waals surface area (Å²) in [6.07, 6.45) is 6.31. The van der Waals surface area contributed by atoms with Gasteiger partial charge in [0.25, 0.3) is 0 Å². The maximum atomic E-state index is 3.91. The fraction of sp³-hybridized carbons (Fsp3) is 0.140. The average Bonchev–Trinajstić information content (AvgIpc) is 1.55. The van der Waals surface area contributed by atoms with E-state index in [0.717, 1.165) is 40.9 Å². The van der Waals surface area contributed by atoms with E-state index in [0.29, 0.717) is 0 Å². The Bertz CT molecular complexity index is 4790. The van der Waals surface area contributed by atoms with E-state index in [9.17, 15) is 0 Å². The molecule has 12 aromatic carbocycles. The predicted molar refractivity (Wildman–Crippen MR) is 386 cm³/mol. The molecule has 0 saturated heterocycles. The minimum Gasteiger partial charge on any atom is -0.355 e. The Morgan fingerprint density at radius 3 is 1.75 bits per heavy atom. The van der Waals surface area contributed by atoms with Crippen LogP contribution in [0.2, 0.25) is 0 Å². The molecule has 0 fully saturated rings. The fourth-order valence-electron chi connectivity index (χ4n) is 13.7. The Kier molecular flexibility index (Phi) is 17.3. The van der Waals surface area contributed by atoms with Crippen LogP contribution in [-0.4, -0.2) is 9.55 Å². The van der Waals surface area contributed by atoms with Gasteiger partial charge in [-0.3, -0.25) is 0 Å². The van der Waals surface area contributed by atoms with Crippen LogP contribution in [0.3, 0.4) is 0 Å². The highest BCUT2D eigenvalue weighted by atomic mass is 15.2. The molecular formula is C86H79N3. The number of hydrogen-bond acceptors (Lipinski definition) is 1. The van der Waals surface area contributed by atoms with Crippen molar-refractivity contribution in [1.82, 2.24) is 9.55 Å². The molecule has 2 aromatic heterocycles. The van der Waals surface area contributed by atoms with E-state index >= 15 is 0 Å². The van der Waals surface area contributed by atoms with E-state index in [4.69, 9.17) is 0 Å². The van der Waals surface area contributed by atoms with Gasteiger partial charge in [-0.25, -0.2) is 0 Å². The van der Waals surface area contributed by atoms with E-state index < -0.39 is 5.41 Å². The molecule has 0 aliphatic heterocycles. The Morgan fingerprint density at radius 1 is 0.506 bits per heavy atom. The maximum absolute atomic E-state index is 3.91. The van der Waals surface area contributed by atoms with Crippen LogP contribution in [0.4, 0.5) is 17.1 Å². The third kappa shape index (κ3) is 10.9. The van der Waals surface area contributed by atoms with Gasteiger partial charge in [0.1, 0.15) is 0 Å². The topological polar surface area (TPSA) is 24.0 Å². The Hall–Kier alpha value is -10.2. The van der Waals surface area contributed by atoms with Gasteiger partial charge in [0.15, 0.2) is 0 Å². The third-order valence-corrected chi connectivity index (χ3v) is 17.7. The third-order valence-electron chi connectivity index (χ3n) is 17.7. The second-order valence-corrected chi connectivity index (χ2v) is 23.3. The summed E-state index contributed by atoms with van der Waals surface area (Å²) in [5, 5.41) is 7.42. The zero-order valence-electron chi connectivity index (χ0n) is 52.7. The Labute approximate surface area is 526 Å². The molecule has 0 bridgehead atoms. The van der Waals surface area contributed by atoms with Crippen molar-refractivity contribution >= 4 is 77.0 Å². The standard InChI is InChI=1S/C57H43N3.C19H20.C8H10.C2H6/c1-36(2)59-52-27-15-13-23-43(52)45-25-16-28-53(56(45)59)60(40-30-32-51-47(34-40)41-21-12-14-26-50(41)58-51)54-35-49-55(44-24-11-10-22-42(44)54)46-31-29-37(3)33-48(46)57(49,38-17-6-4-7-18-38)39-19-8-5-9-20-39;1-4-9-16(5-2)18-13-12-15(3)19(14-18)17-10-7-6-8-11-17;1-2-8-6-4-3-5-7-8;1-2/h4-36,58H,1-3H3;5-14H,2,4H2,1,3H3;3-7H,2H2,1H3;1-2H3/b;16-9+;;. The highest BCUT2D eigenvalue weighted by Crippen LogP contribution is 2.60. The van der Waals surface area contributed by atoms with Crippen LogP contribution >= 0.6 is 0 Å². The molecular weight excluding hydrogens is 1070 g/mol. The largest absolute Gasteiger partial charge is 0.355 e. The first kappa shape index (κ1) is 59.1. The molecule has 1 N–H and O–H groups in total. The summed E-state index contributed by atoms with van der Waals surface area (Å²) in [6.45, 7) is 21.2. The summed E-state index contributed by atoms with van der Waals surface area (Å²) in [5.74, 6) is 0. The molecule has 0 atom stereocenters. The zero-order valence-corrected chi connectivity index (χ0v) is 52.7. The molecule has 1 aliphatic rings. The summed E-state index contributed by atoms with van der Waals surface area (Å²) in [7, 11) is 0. The van der Waals surface area contributed by atoms with Gasteiger partial charge < -0.3 is 14.5 Å². The van der Waals surface area contributed by atoms with E-state index in [-0.39, 0.29) is 6.04 Å². The van der Waals surface area contributed by atoms with Gasteiger partial charge in [-0.05, 0) is 161 Å². The fourth-order valence-corrected chi connectivity index (χ4v) is 13.7. The van der Waals surface area contributed by atoms with Crippen LogP contribution < -0.4 is 4.90 Å². The first-order valence-electron chi connectivity index (χ1n) is 31.9. The van der Waals surface area contributed by atoms with Crippen LogP contribution in [0.1, 0.15) is 98.5 Å². The zero-order chi connectivity index (χ0) is 61.6. The number of nitrogens with one attached hydrogen (secondary N) is 1. The Balaban J connectivity index is 0.000000219. The monoisotopic (exact) mass is 1150 g/mol. The second kappa shape index (κ2) is 26.0. The van der Waals surface area contributed by atoms with Gasteiger partial charge in [-0.15, -0.1) is 0 Å². The van der Waals surface area contributed by atoms with Crippen molar-refractivity contribution in [3.63, 3.8) is 0 Å². The number of para-hydroxylation sites is 3. The number of allylic oxidation sites excluding steroid dienone is 3. The number of aromatic amines is 1. The van der Waals surface area contributed by atoms with E-state index in [2.05, 4.69) is 336 Å². The first-order chi connectivity index (χ1) is 43.7. The van der Waals surface area contributed by atoms with Gasteiger partial charge in [0.2, 0.25) is 0 Å². The van der Waals surface area contributed by atoms with E-state index in [1.165, 1.54) is 116 Å². The predicted octanol–water partition coefficient (Wildman–Crippen LogP) is 24.2. The van der Waals surface area contributed by atoms with Gasteiger partial charge in [0, 0.05) is 55.2 Å². The first-order valence-corrected chi connectivity index (χ1v) is 31.9. The summed E-state index contributed by atoms with van der Waals surface area (Å²) in [6, 6.07) is 100. The summed E-state index contributed by atoms with van der Waals surface area (Å²) >= 11 is 0. The van der Waals surface area contributed by atoms with Crippen molar-refractivity contribution in [1.29, 1.82) is 0 Å². The second-order valence-electron chi connectivity index (χ2n) is 23.3. The van der Waals surface area contributed by atoms with Crippen molar-refractivity contribution in [2.45, 2.75) is 79.7 Å². The van der Waals surface area contributed by atoms with E-state index in [1.807, 2.05) is 26.0 Å². The molecule has 0 radical (unpaired) electrons. The quantitative estimate of drug-likeness (QED) is 0.128. The number of rotatable bonds is 11. The van der Waals surface area contributed by atoms with Crippen molar-refractivity contribution < 1.29 is 0 Å². The molecule has 438 valence electrons. The molecule has 89 heavy (non-hydrogen) atoms. The highest BCUT2D eigenvalue weighted by molar-refractivity contribution is 6.17. The number of fused-ring (bicyclic) bond motifs is 11. The van der Waals surface area contributed by atoms with Gasteiger partial charge in [-0.2, -0.15) is 0 Å². The lowest BCUT2D eigenvalue weighted by Crippen LogP contribution is -2.29. The van der Waals surface area contributed by atoms with Crippen molar-refractivity contribution in [3.8, 4) is 22.3 Å². The summed E-state index contributed by atoms with van der Waals surface area (Å²) in [5.41, 5.74) is 24.3. The Morgan fingerprint density at radius 2 is 1.10 bits per heavy atom. The lowest BCUT2D eigenvalue weighted by atomic mass is 9.67. The molecule has 0 amide bonds. The van der Waals surface area contributed by atoms with Crippen molar-refractivity contribution in [2.24, 2.45) is 0 Å². The van der Waals surface area contributed by atoms with E-state index in [1.54, 1.807) is 0 Å². The number of aryl methyl sites for hydroxylation is 3. The molecule has 3 heteroatoms. The number of anilines is 3. The lowest BCUT2D eigenvalue weighted by molar-refractivity contribution is 0.642. The number of benzene rings is 12. The summed E-state index contributed by atoms with van der Waals surface area (Å²) < 4.78 is 2.55. The van der Waals surface area contributed by atoms with Crippen LogP contribution in [0.25, 0.3) is 82.2 Å². The van der Waals surface area contributed by atoms with Crippen molar-refractivity contribution in [3.05, 3.63) is 336 Å². The number of nitrogens with zero attached hydrogens (tertiary/aromatic N) is 2. The molecule has 3 nitrogen and oxygen atoms in total. The van der Waals surface area contributed by atoms with Crippen LogP contribution in [0.5, 0.6) is 0 Å². The van der Waals surface area contributed by atoms with Crippen LogP contribution in [0, 0.1) is 13.8 Å². The molecule has 2 heterocycles. The highest BCUT2D eigenvalue weighted by Gasteiger charge is 2.47. The molecule has 15 rings (SSSR count). The number of aromatic nitrogens is 2. The van der Waals surface area contributed by atoms with Crippen molar-refractivity contribution in [2.75, 3.05) is 4.90 Å². The van der Waals surface area contributed by atoms with Gasteiger partial charge in [0.05, 0.1) is 22.3 Å². The van der Waals surface area contributed by atoms with Gasteiger partial charge >= 0.3 is 0 Å². The molecule has 0 unspecified atom stereocenters. The molecule has 0 spiro atoms. The number of hydrogen-bond donors (Lipinski definition) is 1. The summed E-state index contributed by atoms with van der Waals surface area (Å²) in [4.78, 5) is 6.27. The smallest absolute Gasteiger partial charge is 0.0738 e. The minimum absolute atomic E-state index is 0.227. The normalized spacial score (nSPS) is 12.2. The van der Waals surface area contributed by atoms with Gasteiger partial charge in [-0.1, -0.05) is 276 Å². The lowest BCUT2D eigenvalue weighted by Gasteiger charge is -2.35. The van der Waals surface area contributed by atoms with Crippen LogP contribution in [-0.2, 0) is 11.8 Å². The average molecular weight is 1150 g/mol. The minimum atomic E-state index is -0.566. The molecule has 1 aliphatic carbocycles. The molecule has 0 saturated carbocycles.